The molecule has 0 saturated heterocycles. The van der Waals surface area contributed by atoms with E-state index in [0.29, 0.717) is 0 Å². The molecule has 2 aromatic rings. The average Bonchev–Trinajstić information content (AvgIpc) is 2.38. The van der Waals surface area contributed by atoms with E-state index in [1.807, 2.05) is 25.1 Å². The molecule has 2 N–H and O–H groups in total. The molecule has 0 radical (unpaired) electrons. The summed E-state index contributed by atoms with van der Waals surface area (Å²) in [6.45, 7) is 4.06. The second-order valence-electron chi connectivity index (χ2n) is 4.56. The van der Waals surface area contributed by atoms with Crippen molar-refractivity contribution in [3.05, 3.63) is 53.6 Å². The average molecular weight is 241 g/mol. The van der Waals surface area contributed by atoms with Gasteiger partial charge in [-0.15, -0.1) is 0 Å². The first-order valence-electron chi connectivity index (χ1n) is 6.13. The molecule has 0 saturated carbocycles. The maximum Gasteiger partial charge on any atom is 0.121 e. The molecule has 2 aromatic carbocycles. The van der Waals surface area contributed by atoms with Gasteiger partial charge in [-0.1, -0.05) is 30.3 Å². The van der Waals surface area contributed by atoms with Gasteiger partial charge in [-0.2, -0.15) is 0 Å². The highest BCUT2D eigenvalue weighted by Crippen LogP contribution is 2.30. The summed E-state index contributed by atoms with van der Waals surface area (Å²) in [6.07, 6.45) is 0. The van der Waals surface area contributed by atoms with Gasteiger partial charge in [0.05, 0.1) is 7.11 Å². The van der Waals surface area contributed by atoms with Crippen molar-refractivity contribution in [3.63, 3.8) is 0 Å². The fourth-order valence-corrected chi connectivity index (χ4v) is 2.20. The van der Waals surface area contributed by atoms with Crippen LogP contribution in [0.4, 0.5) is 0 Å². The summed E-state index contributed by atoms with van der Waals surface area (Å²) >= 11 is 0. The zero-order valence-corrected chi connectivity index (χ0v) is 11.1. The highest BCUT2D eigenvalue weighted by atomic mass is 16.5. The van der Waals surface area contributed by atoms with E-state index in [1.54, 1.807) is 7.11 Å². The predicted molar refractivity (Wildman–Crippen MR) is 75.8 cm³/mol. The molecule has 0 aliphatic heterocycles. The molecule has 0 spiro atoms. The van der Waals surface area contributed by atoms with Crippen LogP contribution in [0.15, 0.2) is 42.5 Å². The van der Waals surface area contributed by atoms with Crippen LogP contribution in [0.2, 0.25) is 0 Å². The second-order valence-corrected chi connectivity index (χ2v) is 4.56. The van der Waals surface area contributed by atoms with Crippen molar-refractivity contribution in [2.75, 3.05) is 7.11 Å². The first-order chi connectivity index (χ1) is 8.63. The van der Waals surface area contributed by atoms with E-state index in [4.69, 9.17) is 10.5 Å². The fraction of sp³-hybridized carbons (Fsp3) is 0.250. The Morgan fingerprint density at radius 2 is 1.83 bits per heavy atom. The lowest BCUT2D eigenvalue weighted by Crippen LogP contribution is -2.06. The van der Waals surface area contributed by atoms with Gasteiger partial charge in [-0.25, -0.2) is 0 Å². The van der Waals surface area contributed by atoms with Gasteiger partial charge in [0.1, 0.15) is 5.75 Å². The Kier molecular flexibility index (Phi) is 3.68. The smallest absolute Gasteiger partial charge is 0.121 e. The summed E-state index contributed by atoms with van der Waals surface area (Å²) in [5.74, 6) is 0.914. The third-order valence-corrected chi connectivity index (χ3v) is 3.16. The predicted octanol–water partition coefficient (Wildman–Crippen LogP) is 3.69. The Morgan fingerprint density at radius 1 is 1.11 bits per heavy atom. The van der Waals surface area contributed by atoms with E-state index >= 15 is 0 Å². The summed E-state index contributed by atoms with van der Waals surface area (Å²) in [5, 5.41) is 0. The van der Waals surface area contributed by atoms with Gasteiger partial charge in [0, 0.05) is 6.04 Å². The zero-order valence-electron chi connectivity index (χ0n) is 11.1. The Labute approximate surface area is 108 Å². The van der Waals surface area contributed by atoms with Crippen molar-refractivity contribution in [2.45, 2.75) is 19.9 Å². The standard InChI is InChI=1S/C16H19NO/c1-11-10-13(8-9-16(11)18-3)15-7-5-4-6-14(15)12(2)17/h4-10,12H,17H2,1-3H3. The van der Waals surface area contributed by atoms with Crippen LogP contribution in [-0.2, 0) is 0 Å². The van der Waals surface area contributed by atoms with Crippen molar-refractivity contribution in [2.24, 2.45) is 5.73 Å². The fourth-order valence-electron chi connectivity index (χ4n) is 2.20. The van der Waals surface area contributed by atoms with Crippen molar-refractivity contribution >= 4 is 0 Å². The quantitative estimate of drug-likeness (QED) is 0.889. The number of hydrogen-bond acceptors (Lipinski definition) is 2. The number of aryl methyl sites for hydroxylation is 1. The van der Waals surface area contributed by atoms with Gasteiger partial charge in [-0.3, -0.25) is 0 Å². The molecular weight excluding hydrogens is 222 g/mol. The number of methoxy groups -OCH3 is 1. The summed E-state index contributed by atoms with van der Waals surface area (Å²) in [7, 11) is 1.69. The molecule has 0 heterocycles. The first kappa shape index (κ1) is 12.7. The molecular formula is C16H19NO. The molecule has 0 aliphatic rings. The summed E-state index contributed by atoms with van der Waals surface area (Å²) < 4.78 is 5.29. The molecule has 1 atom stereocenters. The van der Waals surface area contributed by atoms with Gasteiger partial charge in [0.25, 0.3) is 0 Å². The van der Waals surface area contributed by atoms with E-state index in [2.05, 4.69) is 31.2 Å². The van der Waals surface area contributed by atoms with Crippen molar-refractivity contribution in [1.82, 2.24) is 0 Å². The van der Waals surface area contributed by atoms with Gasteiger partial charge < -0.3 is 10.5 Å². The molecule has 0 aromatic heterocycles. The maximum atomic E-state index is 6.02. The lowest BCUT2D eigenvalue weighted by Gasteiger charge is -2.14. The van der Waals surface area contributed by atoms with Gasteiger partial charge in [0.2, 0.25) is 0 Å². The first-order valence-corrected chi connectivity index (χ1v) is 6.13. The van der Waals surface area contributed by atoms with Crippen LogP contribution in [0.25, 0.3) is 11.1 Å². The minimum Gasteiger partial charge on any atom is -0.496 e. The monoisotopic (exact) mass is 241 g/mol. The molecule has 94 valence electrons. The van der Waals surface area contributed by atoms with Gasteiger partial charge in [0.15, 0.2) is 0 Å². The van der Waals surface area contributed by atoms with E-state index in [1.165, 1.54) is 16.7 Å². The third-order valence-electron chi connectivity index (χ3n) is 3.16. The number of hydrogen-bond donors (Lipinski definition) is 1. The molecule has 1 unspecified atom stereocenters. The summed E-state index contributed by atoms with van der Waals surface area (Å²) in [6, 6.07) is 14.5. The molecule has 2 rings (SSSR count). The molecule has 2 nitrogen and oxygen atoms in total. The Morgan fingerprint density at radius 3 is 2.44 bits per heavy atom. The van der Waals surface area contributed by atoms with Crippen LogP contribution in [0.3, 0.4) is 0 Å². The number of rotatable bonds is 3. The Hall–Kier alpha value is -1.80. The Bertz CT molecular complexity index is 547. The minimum absolute atomic E-state index is 0.0311. The lowest BCUT2D eigenvalue weighted by atomic mass is 9.95. The normalized spacial score (nSPS) is 12.2. The van der Waals surface area contributed by atoms with Crippen molar-refractivity contribution in [1.29, 1.82) is 0 Å². The number of benzene rings is 2. The van der Waals surface area contributed by atoms with Crippen molar-refractivity contribution < 1.29 is 4.74 Å². The Balaban J connectivity index is 2.52. The maximum absolute atomic E-state index is 6.02. The largest absolute Gasteiger partial charge is 0.496 e. The number of ether oxygens (including phenoxy) is 1. The van der Waals surface area contributed by atoms with Crippen molar-refractivity contribution in [3.8, 4) is 16.9 Å². The van der Waals surface area contributed by atoms with Crippen LogP contribution in [0.1, 0.15) is 24.1 Å². The van der Waals surface area contributed by atoms with Gasteiger partial charge >= 0.3 is 0 Å². The lowest BCUT2D eigenvalue weighted by molar-refractivity contribution is 0.412. The van der Waals surface area contributed by atoms with Crippen LogP contribution in [0.5, 0.6) is 5.75 Å². The minimum atomic E-state index is 0.0311. The van der Waals surface area contributed by atoms with Crippen LogP contribution >= 0.6 is 0 Å². The van der Waals surface area contributed by atoms with Crippen LogP contribution in [-0.4, -0.2) is 7.11 Å². The highest BCUT2D eigenvalue weighted by molar-refractivity contribution is 5.69. The molecule has 0 amide bonds. The molecule has 0 bridgehead atoms. The summed E-state index contributed by atoms with van der Waals surface area (Å²) in [4.78, 5) is 0. The molecule has 2 heteroatoms. The molecule has 0 aliphatic carbocycles. The van der Waals surface area contributed by atoms with E-state index in [0.717, 1.165) is 11.3 Å². The van der Waals surface area contributed by atoms with Crippen LogP contribution < -0.4 is 10.5 Å². The molecule has 0 fully saturated rings. The zero-order chi connectivity index (χ0) is 13.1. The highest BCUT2D eigenvalue weighted by Gasteiger charge is 2.09. The third kappa shape index (κ3) is 2.39. The molecule has 18 heavy (non-hydrogen) atoms. The topological polar surface area (TPSA) is 35.2 Å². The van der Waals surface area contributed by atoms with Crippen LogP contribution in [0, 0.1) is 6.92 Å². The second kappa shape index (κ2) is 5.23. The SMILES string of the molecule is COc1ccc(-c2ccccc2C(C)N)cc1C. The summed E-state index contributed by atoms with van der Waals surface area (Å²) in [5.41, 5.74) is 10.7. The van der Waals surface area contributed by atoms with E-state index in [9.17, 15) is 0 Å². The van der Waals surface area contributed by atoms with E-state index < -0.39 is 0 Å². The van der Waals surface area contributed by atoms with Gasteiger partial charge in [-0.05, 0) is 48.2 Å². The number of nitrogens with two attached hydrogens (primary N) is 1. The van der Waals surface area contributed by atoms with E-state index in [-0.39, 0.29) is 6.04 Å².